The molecule has 6 heteroatoms. The Morgan fingerprint density at radius 1 is 0.767 bits per heavy atom. The molecule has 0 spiro atoms. The number of amides is 1. The van der Waals surface area contributed by atoms with Crippen LogP contribution in [0.25, 0.3) is 0 Å². The minimum Gasteiger partial charge on any atom is -0.492 e. The number of unbranched alkanes of at least 4 members (excludes halogenated alkanes) is 2. The van der Waals surface area contributed by atoms with Gasteiger partial charge in [0.15, 0.2) is 0 Å². The van der Waals surface area contributed by atoms with Crippen LogP contribution >= 0.6 is 0 Å². The van der Waals surface area contributed by atoms with E-state index in [1.165, 1.54) is 18.4 Å². The number of likely N-dealkylation sites (tertiary alicyclic amines) is 1. The Morgan fingerprint density at radius 3 is 1.74 bits per heavy atom. The molecule has 2 unspecified atom stereocenters. The zero-order valence-electron chi connectivity index (χ0n) is 26.5. The Morgan fingerprint density at radius 2 is 1.26 bits per heavy atom. The van der Waals surface area contributed by atoms with E-state index < -0.39 is 5.97 Å². The standard InChI is InChI=1S/C21H29NO2.C16H20O3/c1-3-4-5-7-12-21(2)16-24-19-15-17(10-11-18(19)21)20(23)22-13-8-6-9-14-22;1-3-4-5-6-9-16(2)11-19-14-10-12(15(17)18)7-8-13(14)16/h5,7,10-11,15H,3-4,6,8-9,12-14,16H2,1-2H3;5-8,10H,3-4,9,11H2,1-2H3,(H,17,18)/b7-5+;6-5+. The summed E-state index contributed by atoms with van der Waals surface area (Å²) >= 11 is 0. The van der Waals surface area contributed by atoms with Gasteiger partial charge in [0.05, 0.1) is 18.8 Å². The molecule has 0 bridgehead atoms. The van der Waals surface area contributed by atoms with E-state index in [1.807, 2.05) is 23.1 Å². The maximum atomic E-state index is 12.7. The highest BCUT2D eigenvalue weighted by Gasteiger charge is 2.37. The van der Waals surface area contributed by atoms with Crippen LogP contribution in [0, 0.1) is 0 Å². The lowest BCUT2D eigenvalue weighted by atomic mass is 9.81. The van der Waals surface area contributed by atoms with E-state index in [4.69, 9.17) is 14.6 Å². The number of nitrogens with zero attached hydrogens (tertiary/aromatic N) is 1. The molecule has 3 aliphatic rings. The molecule has 1 amide bonds. The molecule has 0 aromatic heterocycles. The molecule has 232 valence electrons. The van der Waals surface area contributed by atoms with E-state index in [9.17, 15) is 9.59 Å². The van der Waals surface area contributed by atoms with Crippen LogP contribution in [0.15, 0.2) is 60.7 Å². The number of ether oxygens (including phenoxy) is 2. The van der Waals surface area contributed by atoms with Gasteiger partial charge in [-0.05, 0) is 69.2 Å². The lowest BCUT2D eigenvalue weighted by molar-refractivity contribution is 0.0694. The number of hydrogen-bond donors (Lipinski definition) is 1. The molecule has 3 heterocycles. The van der Waals surface area contributed by atoms with Crippen LogP contribution in [0.2, 0.25) is 0 Å². The fourth-order valence-electron chi connectivity index (χ4n) is 6.05. The van der Waals surface area contributed by atoms with Gasteiger partial charge in [-0.3, -0.25) is 4.79 Å². The summed E-state index contributed by atoms with van der Waals surface area (Å²) in [6, 6.07) is 11.2. The number of carbonyl (C=O) groups excluding carboxylic acids is 1. The number of benzene rings is 2. The van der Waals surface area contributed by atoms with Crippen molar-refractivity contribution in [1.82, 2.24) is 4.90 Å². The molecule has 2 aromatic carbocycles. The van der Waals surface area contributed by atoms with E-state index >= 15 is 0 Å². The van der Waals surface area contributed by atoms with Crippen molar-refractivity contribution in [2.24, 2.45) is 0 Å². The number of allylic oxidation sites excluding steroid dienone is 4. The Balaban J connectivity index is 0.000000203. The van der Waals surface area contributed by atoms with Gasteiger partial charge < -0.3 is 19.5 Å². The topological polar surface area (TPSA) is 76.1 Å². The number of carboxylic acid groups (broad SMARTS) is 1. The van der Waals surface area contributed by atoms with Crippen molar-refractivity contribution < 1.29 is 24.2 Å². The highest BCUT2D eigenvalue weighted by atomic mass is 16.5. The summed E-state index contributed by atoms with van der Waals surface area (Å²) in [4.78, 5) is 25.6. The SMILES string of the molecule is CCC/C=C/CC1(C)COc2cc(C(=O)N3CCCCC3)ccc21.CCC/C=C/CC1(C)COc2cc(C(=O)O)ccc21. The average molecular weight is 588 g/mol. The van der Waals surface area contributed by atoms with Crippen LogP contribution < -0.4 is 9.47 Å². The molecule has 2 atom stereocenters. The summed E-state index contributed by atoms with van der Waals surface area (Å²) in [5.41, 5.74) is 3.37. The van der Waals surface area contributed by atoms with Gasteiger partial charge in [0.25, 0.3) is 5.91 Å². The largest absolute Gasteiger partial charge is 0.492 e. The van der Waals surface area contributed by atoms with Crippen molar-refractivity contribution in [3.05, 3.63) is 83.0 Å². The summed E-state index contributed by atoms with van der Waals surface area (Å²) in [5, 5.41) is 8.98. The van der Waals surface area contributed by atoms with Gasteiger partial charge in [-0.2, -0.15) is 0 Å². The first-order valence-corrected chi connectivity index (χ1v) is 16.1. The van der Waals surface area contributed by atoms with Gasteiger partial charge in [-0.25, -0.2) is 4.79 Å². The van der Waals surface area contributed by atoms with Crippen molar-refractivity contribution in [2.75, 3.05) is 26.3 Å². The van der Waals surface area contributed by atoms with E-state index in [0.717, 1.165) is 74.9 Å². The van der Waals surface area contributed by atoms with Crippen molar-refractivity contribution in [3.8, 4) is 11.5 Å². The van der Waals surface area contributed by atoms with E-state index in [1.54, 1.807) is 12.1 Å². The predicted molar refractivity (Wildman–Crippen MR) is 173 cm³/mol. The van der Waals surface area contributed by atoms with Crippen LogP contribution in [-0.4, -0.2) is 48.2 Å². The van der Waals surface area contributed by atoms with Gasteiger partial charge >= 0.3 is 5.97 Å². The molecule has 6 nitrogen and oxygen atoms in total. The second kappa shape index (κ2) is 14.8. The van der Waals surface area contributed by atoms with Crippen molar-refractivity contribution in [2.45, 2.75) is 96.3 Å². The Bertz CT molecular complexity index is 1320. The number of carbonyl (C=O) groups is 2. The molecule has 0 aliphatic carbocycles. The second-order valence-corrected chi connectivity index (χ2v) is 12.7. The summed E-state index contributed by atoms with van der Waals surface area (Å²) < 4.78 is 11.6. The van der Waals surface area contributed by atoms with Gasteiger partial charge in [-0.1, -0.05) is 77.0 Å². The maximum absolute atomic E-state index is 12.7. The summed E-state index contributed by atoms with van der Waals surface area (Å²) in [5.74, 6) is 0.843. The molecular weight excluding hydrogens is 538 g/mol. The van der Waals surface area contributed by atoms with Gasteiger partial charge in [0, 0.05) is 40.6 Å². The molecule has 1 N–H and O–H groups in total. The first-order chi connectivity index (χ1) is 20.7. The van der Waals surface area contributed by atoms with E-state index in [2.05, 4.69) is 58.1 Å². The number of hydrogen-bond acceptors (Lipinski definition) is 4. The zero-order valence-corrected chi connectivity index (χ0v) is 26.5. The van der Waals surface area contributed by atoms with Crippen LogP contribution in [0.5, 0.6) is 11.5 Å². The molecule has 5 rings (SSSR count). The average Bonchev–Trinajstić information content (AvgIpc) is 3.54. The van der Waals surface area contributed by atoms with Crippen LogP contribution in [0.4, 0.5) is 0 Å². The quantitative estimate of drug-likeness (QED) is 0.282. The first kappa shape index (κ1) is 32.4. The van der Waals surface area contributed by atoms with Crippen LogP contribution in [-0.2, 0) is 10.8 Å². The molecule has 2 aromatic rings. The molecule has 0 saturated carbocycles. The third-order valence-electron chi connectivity index (χ3n) is 8.87. The maximum Gasteiger partial charge on any atom is 0.335 e. The van der Waals surface area contributed by atoms with Crippen molar-refractivity contribution in [3.63, 3.8) is 0 Å². The number of rotatable bonds is 10. The van der Waals surface area contributed by atoms with Gasteiger partial charge in [-0.15, -0.1) is 0 Å². The van der Waals surface area contributed by atoms with E-state index in [-0.39, 0.29) is 22.3 Å². The minimum atomic E-state index is -0.914. The van der Waals surface area contributed by atoms with Gasteiger partial charge in [0.1, 0.15) is 11.5 Å². The third kappa shape index (κ3) is 7.90. The highest BCUT2D eigenvalue weighted by Crippen LogP contribution is 2.43. The number of aromatic carboxylic acids is 1. The Hall–Kier alpha value is -3.54. The van der Waals surface area contributed by atoms with Crippen LogP contribution in [0.1, 0.15) is 117 Å². The molecule has 0 radical (unpaired) electrons. The first-order valence-electron chi connectivity index (χ1n) is 16.1. The second-order valence-electron chi connectivity index (χ2n) is 12.7. The normalized spacial score (nSPS) is 22.5. The van der Waals surface area contributed by atoms with Gasteiger partial charge in [0.2, 0.25) is 0 Å². The minimum absolute atomic E-state index is 0.0201. The highest BCUT2D eigenvalue weighted by molar-refractivity contribution is 5.95. The number of piperidine rings is 1. The monoisotopic (exact) mass is 587 g/mol. The van der Waals surface area contributed by atoms with Crippen LogP contribution in [0.3, 0.4) is 0 Å². The van der Waals surface area contributed by atoms with E-state index in [0.29, 0.717) is 19.0 Å². The molecule has 43 heavy (non-hydrogen) atoms. The lowest BCUT2D eigenvalue weighted by Crippen LogP contribution is -2.35. The molecule has 1 fully saturated rings. The fourth-order valence-corrected chi connectivity index (χ4v) is 6.05. The number of fused-ring (bicyclic) bond motifs is 2. The van der Waals surface area contributed by atoms with Crippen molar-refractivity contribution in [1.29, 1.82) is 0 Å². The summed E-state index contributed by atoms with van der Waals surface area (Å²) in [6.07, 6.45) is 18.9. The summed E-state index contributed by atoms with van der Waals surface area (Å²) in [6.45, 7) is 11.8. The smallest absolute Gasteiger partial charge is 0.335 e. The number of carboxylic acids is 1. The predicted octanol–water partition coefficient (Wildman–Crippen LogP) is 8.49. The third-order valence-corrected chi connectivity index (χ3v) is 8.87. The van der Waals surface area contributed by atoms with Crippen molar-refractivity contribution >= 4 is 11.9 Å². The Kier molecular flexibility index (Phi) is 11.1. The molecule has 3 aliphatic heterocycles. The summed E-state index contributed by atoms with van der Waals surface area (Å²) in [7, 11) is 0. The molecular formula is C37H49NO5. The molecule has 1 saturated heterocycles. The Labute approximate surface area is 257 Å². The zero-order chi connectivity index (χ0) is 30.9. The fraction of sp³-hybridized carbons (Fsp3) is 0.514. The lowest BCUT2D eigenvalue weighted by Gasteiger charge is -2.27.